The predicted molar refractivity (Wildman–Crippen MR) is 85.7 cm³/mol. The molecule has 1 N–H and O–H groups in total. The first kappa shape index (κ1) is 17.0. The van der Waals surface area contributed by atoms with Gasteiger partial charge in [0.1, 0.15) is 0 Å². The molecule has 0 spiro atoms. The summed E-state index contributed by atoms with van der Waals surface area (Å²) < 4.78 is 0. The zero-order chi connectivity index (χ0) is 13.9. The van der Waals surface area contributed by atoms with Crippen molar-refractivity contribution in [1.82, 2.24) is 10.2 Å². The maximum atomic E-state index is 3.63. The standard InChI is InChI=1S/C17H36N2/c1-4-7-10-16(6-3)15-19-13-9-8-11-17(19)14-18-12-5-2/h16-18H,4-15H2,1-3H3. The molecule has 1 heterocycles. The summed E-state index contributed by atoms with van der Waals surface area (Å²) in [6, 6.07) is 0.802. The molecule has 1 aliphatic rings. The van der Waals surface area contributed by atoms with Gasteiger partial charge in [-0.05, 0) is 44.7 Å². The van der Waals surface area contributed by atoms with Crippen LogP contribution >= 0.6 is 0 Å². The molecule has 0 radical (unpaired) electrons. The van der Waals surface area contributed by atoms with Crippen LogP contribution < -0.4 is 5.32 Å². The summed E-state index contributed by atoms with van der Waals surface area (Å²) in [5.74, 6) is 0.923. The van der Waals surface area contributed by atoms with Gasteiger partial charge >= 0.3 is 0 Å². The second-order valence-corrected chi connectivity index (χ2v) is 6.27. The maximum absolute atomic E-state index is 3.63. The molecule has 0 aromatic rings. The molecule has 0 amide bonds. The SMILES string of the molecule is CCCCC(CC)CN1CCCCC1CNCCC. The van der Waals surface area contributed by atoms with E-state index in [1.807, 2.05) is 0 Å². The summed E-state index contributed by atoms with van der Waals surface area (Å²) >= 11 is 0. The number of nitrogens with one attached hydrogen (secondary N) is 1. The average Bonchev–Trinajstić information content (AvgIpc) is 2.45. The first-order chi connectivity index (χ1) is 9.31. The van der Waals surface area contributed by atoms with Crippen LogP contribution in [0, 0.1) is 5.92 Å². The molecule has 2 nitrogen and oxygen atoms in total. The minimum absolute atomic E-state index is 0.802. The largest absolute Gasteiger partial charge is 0.315 e. The normalized spacial score (nSPS) is 22.6. The van der Waals surface area contributed by atoms with E-state index in [0.29, 0.717) is 0 Å². The number of unbranched alkanes of at least 4 members (excludes halogenated alkanes) is 1. The highest BCUT2D eigenvalue weighted by molar-refractivity contribution is 4.80. The molecule has 2 unspecified atom stereocenters. The van der Waals surface area contributed by atoms with Crippen LogP contribution in [0.3, 0.4) is 0 Å². The molecule has 0 aromatic heterocycles. The number of rotatable bonds is 10. The molecule has 2 atom stereocenters. The zero-order valence-corrected chi connectivity index (χ0v) is 13.6. The van der Waals surface area contributed by atoms with E-state index in [1.54, 1.807) is 0 Å². The highest BCUT2D eigenvalue weighted by Gasteiger charge is 2.23. The quantitative estimate of drug-likeness (QED) is 0.601. The maximum Gasteiger partial charge on any atom is 0.0220 e. The third-order valence-electron chi connectivity index (χ3n) is 4.59. The molecule has 2 heteroatoms. The Morgan fingerprint density at radius 2 is 2.00 bits per heavy atom. The molecule has 1 rings (SSSR count). The van der Waals surface area contributed by atoms with E-state index in [1.165, 1.54) is 77.5 Å². The van der Waals surface area contributed by atoms with Crippen molar-refractivity contribution in [1.29, 1.82) is 0 Å². The van der Waals surface area contributed by atoms with E-state index in [2.05, 4.69) is 31.0 Å². The van der Waals surface area contributed by atoms with E-state index < -0.39 is 0 Å². The molecular weight excluding hydrogens is 232 g/mol. The van der Waals surface area contributed by atoms with E-state index in [0.717, 1.165) is 12.0 Å². The van der Waals surface area contributed by atoms with Gasteiger partial charge in [0.25, 0.3) is 0 Å². The summed E-state index contributed by atoms with van der Waals surface area (Å²) in [6.45, 7) is 12.0. The van der Waals surface area contributed by atoms with Crippen molar-refractivity contribution in [2.45, 2.75) is 78.2 Å². The van der Waals surface area contributed by atoms with Crippen LogP contribution in [0.15, 0.2) is 0 Å². The Morgan fingerprint density at radius 1 is 1.16 bits per heavy atom. The van der Waals surface area contributed by atoms with Crippen molar-refractivity contribution < 1.29 is 0 Å². The molecule has 19 heavy (non-hydrogen) atoms. The zero-order valence-electron chi connectivity index (χ0n) is 13.6. The fourth-order valence-electron chi connectivity index (χ4n) is 3.23. The molecule has 0 aromatic carbocycles. The minimum atomic E-state index is 0.802. The van der Waals surface area contributed by atoms with Crippen molar-refractivity contribution in [3.05, 3.63) is 0 Å². The van der Waals surface area contributed by atoms with Gasteiger partial charge in [-0.3, -0.25) is 4.90 Å². The van der Waals surface area contributed by atoms with Crippen LogP contribution in [0.2, 0.25) is 0 Å². The first-order valence-electron chi connectivity index (χ1n) is 8.76. The summed E-state index contributed by atoms with van der Waals surface area (Å²) in [6.07, 6.45) is 11.0. The second kappa shape index (κ2) is 10.7. The monoisotopic (exact) mass is 268 g/mol. The summed E-state index contributed by atoms with van der Waals surface area (Å²) in [5.41, 5.74) is 0. The van der Waals surface area contributed by atoms with Gasteiger partial charge in [-0.1, -0.05) is 46.5 Å². The molecule has 1 aliphatic heterocycles. The lowest BCUT2D eigenvalue weighted by Crippen LogP contribution is -2.47. The number of piperidine rings is 1. The molecule has 1 fully saturated rings. The van der Waals surface area contributed by atoms with Gasteiger partial charge in [-0.2, -0.15) is 0 Å². The Balaban J connectivity index is 2.36. The third kappa shape index (κ3) is 6.76. The van der Waals surface area contributed by atoms with Gasteiger partial charge in [0.2, 0.25) is 0 Å². The average molecular weight is 268 g/mol. The van der Waals surface area contributed by atoms with Crippen LogP contribution in [0.1, 0.15) is 72.1 Å². The number of hydrogen-bond donors (Lipinski definition) is 1. The van der Waals surface area contributed by atoms with Crippen LogP contribution in [-0.4, -0.2) is 37.1 Å². The van der Waals surface area contributed by atoms with Crippen molar-refractivity contribution >= 4 is 0 Å². The molecule has 0 bridgehead atoms. The van der Waals surface area contributed by atoms with E-state index >= 15 is 0 Å². The van der Waals surface area contributed by atoms with Crippen molar-refractivity contribution in [2.75, 3.05) is 26.2 Å². The van der Waals surface area contributed by atoms with Crippen LogP contribution in [-0.2, 0) is 0 Å². The Labute approximate surface area is 121 Å². The van der Waals surface area contributed by atoms with Crippen LogP contribution in [0.4, 0.5) is 0 Å². The predicted octanol–water partition coefficient (Wildman–Crippen LogP) is 4.06. The second-order valence-electron chi connectivity index (χ2n) is 6.27. The van der Waals surface area contributed by atoms with Gasteiger partial charge < -0.3 is 5.32 Å². The van der Waals surface area contributed by atoms with Gasteiger partial charge in [-0.25, -0.2) is 0 Å². The lowest BCUT2D eigenvalue weighted by atomic mass is 9.95. The Hall–Kier alpha value is -0.0800. The molecular formula is C17H36N2. The lowest BCUT2D eigenvalue weighted by molar-refractivity contribution is 0.118. The van der Waals surface area contributed by atoms with Crippen molar-refractivity contribution in [3.8, 4) is 0 Å². The Morgan fingerprint density at radius 3 is 2.68 bits per heavy atom. The Kier molecular flexibility index (Phi) is 9.54. The topological polar surface area (TPSA) is 15.3 Å². The van der Waals surface area contributed by atoms with Crippen LogP contribution in [0.25, 0.3) is 0 Å². The van der Waals surface area contributed by atoms with Gasteiger partial charge in [-0.15, -0.1) is 0 Å². The highest BCUT2D eigenvalue weighted by Crippen LogP contribution is 2.21. The highest BCUT2D eigenvalue weighted by atomic mass is 15.2. The van der Waals surface area contributed by atoms with E-state index in [-0.39, 0.29) is 0 Å². The summed E-state index contributed by atoms with van der Waals surface area (Å²) in [4.78, 5) is 2.79. The molecule has 0 aliphatic carbocycles. The summed E-state index contributed by atoms with van der Waals surface area (Å²) in [5, 5.41) is 3.63. The molecule has 0 saturated carbocycles. The van der Waals surface area contributed by atoms with Gasteiger partial charge in [0, 0.05) is 19.1 Å². The van der Waals surface area contributed by atoms with Crippen molar-refractivity contribution in [3.63, 3.8) is 0 Å². The van der Waals surface area contributed by atoms with Gasteiger partial charge in [0.05, 0.1) is 0 Å². The van der Waals surface area contributed by atoms with E-state index in [4.69, 9.17) is 0 Å². The molecule has 114 valence electrons. The fraction of sp³-hybridized carbons (Fsp3) is 1.00. The number of likely N-dealkylation sites (tertiary alicyclic amines) is 1. The Bertz CT molecular complexity index is 205. The third-order valence-corrected chi connectivity index (χ3v) is 4.59. The van der Waals surface area contributed by atoms with E-state index in [9.17, 15) is 0 Å². The minimum Gasteiger partial charge on any atom is -0.315 e. The lowest BCUT2D eigenvalue weighted by Gasteiger charge is -2.38. The number of hydrogen-bond acceptors (Lipinski definition) is 2. The smallest absolute Gasteiger partial charge is 0.0220 e. The molecule has 1 saturated heterocycles. The number of nitrogens with zero attached hydrogens (tertiary/aromatic N) is 1. The summed E-state index contributed by atoms with van der Waals surface area (Å²) in [7, 11) is 0. The van der Waals surface area contributed by atoms with Crippen molar-refractivity contribution in [2.24, 2.45) is 5.92 Å². The van der Waals surface area contributed by atoms with Crippen LogP contribution in [0.5, 0.6) is 0 Å². The first-order valence-corrected chi connectivity index (χ1v) is 8.76. The van der Waals surface area contributed by atoms with Gasteiger partial charge in [0.15, 0.2) is 0 Å². The fourth-order valence-corrected chi connectivity index (χ4v) is 3.23.